The number of furan rings is 1. The Bertz CT molecular complexity index is 536. The molecule has 0 amide bonds. The van der Waals surface area contributed by atoms with Crippen molar-refractivity contribution in [3.8, 4) is 11.1 Å². The van der Waals surface area contributed by atoms with Crippen molar-refractivity contribution in [2.24, 2.45) is 0 Å². The van der Waals surface area contributed by atoms with E-state index in [1.807, 2.05) is 0 Å². The Morgan fingerprint density at radius 2 is 1.48 bits per heavy atom. The van der Waals surface area contributed by atoms with E-state index < -0.39 is 0 Å². The van der Waals surface area contributed by atoms with Crippen molar-refractivity contribution in [2.75, 3.05) is 0 Å². The van der Waals surface area contributed by atoms with E-state index in [0.717, 1.165) is 17.9 Å². The van der Waals surface area contributed by atoms with Crippen molar-refractivity contribution in [2.45, 2.75) is 65.7 Å². The highest BCUT2D eigenvalue weighted by Crippen LogP contribution is 2.33. The molecule has 1 aromatic carbocycles. The lowest BCUT2D eigenvalue weighted by Gasteiger charge is -2.06. The largest absolute Gasteiger partial charge is 0.466 e. The Morgan fingerprint density at radius 3 is 2.19 bits per heavy atom. The summed E-state index contributed by atoms with van der Waals surface area (Å²) in [5.41, 5.74) is 4.02. The average molecular weight is 284 g/mol. The van der Waals surface area contributed by atoms with Gasteiger partial charge in [0.15, 0.2) is 0 Å². The van der Waals surface area contributed by atoms with Crippen molar-refractivity contribution >= 4 is 0 Å². The molecule has 21 heavy (non-hydrogen) atoms. The highest BCUT2D eigenvalue weighted by Gasteiger charge is 2.15. The molecule has 2 aromatic rings. The van der Waals surface area contributed by atoms with Gasteiger partial charge in [0.05, 0.1) is 0 Å². The lowest BCUT2D eigenvalue weighted by atomic mass is 9.96. The van der Waals surface area contributed by atoms with Gasteiger partial charge in [-0.1, -0.05) is 69.4 Å². The van der Waals surface area contributed by atoms with Crippen molar-refractivity contribution in [3.05, 3.63) is 47.4 Å². The molecule has 0 saturated carbocycles. The second kappa shape index (κ2) is 8.07. The molecule has 1 nitrogen and oxygen atoms in total. The summed E-state index contributed by atoms with van der Waals surface area (Å²) in [5.74, 6) is 2.15. The molecule has 0 aliphatic heterocycles. The predicted molar refractivity (Wildman–Crippen MR) is 90.7 cm³/mol. The van der Waals surface area contributed by atoms with Crippen LogP contribution in [0.5, 0.6) is 0 Å². The van der Waals surface area contributed by atoms with E-state index in [0.29, 0.717) is 0 Å². The Balaban J connectivity index is 2.03. The van der Waals surface area contributed by atoms with E-state index in [1.165, 1.54) is 55.2 Å². The molecule has 0 saturated heterocycles. The fraction of sp³-hybridized carbons (Fsp3) is 0.500. The zero-order valence-electron chi connectivity index (χ0n) is 13.7. The minimum absolute atomic E-state index is 1.06. The third-order valence-electron chi connectivity index (χ3n) is 4.23. The SMILES string of the molecule is CCCCCCCCc1c(C)oc(C)c1-c1ccccc1. The molecule has 0 aliphatic rings. The maximum atomic E-state index is 5.90. The van der Waals surface area contributed by atoms with Crippen LogP contribution in [-0.2, 0) is 6.42 Å². The molecular formula is C20H28O. The van der Waals surface area contributed by atoms with Gasteiger partial charge in [-0.3, -0.25) is 0 Å². The van der Waals surface area contributed by atoms with Gasteiger partial charge in [-0.15, -0.1) is 0 Å². The van der Waals surface area contributed by atoms with Crippen molar-refractivity contribution in [3.63, 3.8) is 0 Å². The quantitative estimate of drug-likeness (QED) is 0.506. The monoisotopic (exact) mass is 284 g/mol. The fourth-order valence-corrected chi connectivity index (χ4v) is 3.10. The normalized spacial score (nSPS) is 11.0. The van der Waals surface area contributed by atoms with Crippen LogP contribution in [0.15, 0.2) is 34.7 Å². The summed E-state index contributed by atoms with van der Waals surface area (Å²) in [6, 6.07) is 10.6. The second-order valence-corrected chi connectivity index (χ2v) is 5.95. The van der Waals surface area contributed by atoms with Crippen molar-refractivity contribution in [1.82, 2.24) is 0 Å². The molecule has 1 heteroatoms. The van der Waals surface area contributed by atoms with E-state index in [9.17, 15) is 0 Å². The van der Waals surface area contributed by atoms with Crippen LogP contribution in [0.2, 0.25) is 0 Å². The first kappa shape index (κ1) is 15.9. The Kier molecular flexibility index (Phi) is 6.10. The standard InChI is InChI=1S/C20H28O/c1-4-5-6-7-8-12-15-19-16(2)21-17(3)20(19)18-13-10-9-11-14-18/h9-11,13-14H,4-8,12,15H2,1-3H3. The maximum Gasteiger partial charge on any atom is 0.109 e. The van der Waals surface area contributed by atoms with E-state index in [1.54, 1.807) is 0 Å². The number of hydrogen-bond donors (Lipinski definition) is 0. The number of benzene rings is 1. The van der Waals surface area contributed by atoms with Crippen LogP contribution < -0.4 is 0 Å². The lowest BCUT2D eigenvalue weighted by Crippen LogP contribution is -1.91. The zero-order chi connectivity index (χ0) is 15.1. The van der Waals surface area contributed by atoms with E-state index in [-0.39, 0.29) is 0 Å². The van der Waals surface area contributed by atoms with Crippen LogP contribution in [0.4, 0.5) is 0 Å². The van der Waals surface area contributed by atoms with Crippen LogP contribution in [0.1, 0.15) is 62.5 Å². The molecule has 114 valence electrons. The molecule has 1 aromatic heterocycles. The van der Waals surface area contributed by atoms with Gasteiger partial charge >= 0.3 is 0 Å². The fourth-order valence-electron chi connectivity index (χ4n) is 3.10. The lowest BCUT2D eigenvalue weighted by molar-refractivity contribution is 0.500. The van der Waals surface area contributed by atoms with Crippen molar-refractivity contribution in [1.29, 1.82) is 0 Å². The number of aryl methyl sites for hydroxylation is 2. The molecule has 0 atom stereocenters. The number of unbranched alkanes of at least 4 members (excludes halogenated alkanes) is 5. The van der Waals surface area contributed by atoms with Gasteiger partial charge in [0.1, 0.15) is 11.5 Å². The Hall–Kier alpha value is -1.50. The third-order valence-corrected chi connectivity index (χ3v) is 4.23. The van der Waals surface area contributed by atoms with Crippen LogP contribution in [0, 0.1) is 13.8 Å². The molecule has 0 spiro atoms. The molecule has 0 unspecified atom stereocenters. The molecule has 0 fully saturated rings. The second-order valence-electron chi connectivity index (χ2n) is 5.95. The first-order valence-electron chi connectivity index (χ1n) is 8.38. The van der Waals surface area contributed by atoms with Gasteiger partial charge in [-0.05, 0) is 32.3 Å². The topological polar surface area (TPSA) is 13.1 Å². The molecular weight excluding hydrogens is 256 g/mol. The predicted octanol–water partition coefficient (Wildman–Crippen LogP) is 6.47. The Labute approximate surface area is 129 Å². The summed E-state index contributed by atoms with van der Waals surface area (Å²) in [7, 11) is 0. The molecule has 0 bridgehead atoms. The maximum absolute atomic E-state index is 5.90. The highest BCUT2D eigenvalue weighted by molar-refractivity contribution is 5.70. The van der Waals surface area contributed by atoms with Crippen LogP contribution in [0.25, 0.3) is 11.1 Å². The van der Waals surface area contributed by atoms with Crippen LogP contribution >= 0.6 is 0 Å². The molecule has 0 aliphatic carbocycles. The Morgan fingerprint density at radius 1 is 0.810 bits per heavy atom. The van der Waals surface area contributed by atoms with Gasteiger partial charge in [-0.2, -0.15) is 0 Å². The van der Waals surface area contributed by atoms with Crippen LogP contribution in [0.3, 0.4) is 0 Å². The zero-order valence-corrected chi connectivity index (χ0v) is 13.7. The number of hydrogen-bond acceptors (Lipinski definition) is 1. The van der Waals surface area contributed by atoms with E-state index >= 15 is 0 Å². The minimum Gasteiger partial charge on any atom is -0.466 e. The smallest absolute Gasteiger partial charge is 0.109 e. The number of rotatable bonds is 8. The summed E-state index contributed by atoms with van der Waals surface area (Å²) in [4.78, 5) is 0. The highest BCUT2D eigenvalue weighted by atomic mass is 16.3. The third kappa shape index (κ3) is 4.23. The molecule has 0 radical (unpaired) electrons. The first-order chi connectivity index (χ1) is 10.2. The average Bonchev–Trinajstić information content (AvgIpc) is 2.78. The summed E-state index contributed by atoms with van der Waals surface area (Å²) in [5, 5.41) is 0. The van der Waals surface area contributed by atoms with Crippen LogP contribution in [-0.4, -0.2) is 0 Å². The summed E-state index contributed by atoms with van der Waals surface area (Å²) < 4.78 is 5.90. The van der Waals surface area contributed by atoms with Gasteiger partial charge < -0.3 is 4.42 Å². The summed E-state index contributed by atoms with van der Waals surface area (Å²) in [6.07, 6.45) is 9.17. The van der Waals surface area contributed by atoms with E-state index in [4.69, 9.17) is 4.42 Å². The first-order valence-corrected chi connectivity index (χ1v) is 8.38. The van der Waals surface area contributed by atoms with Gasteiger partial charge in [0.2, 0.25) is 0 Å². The summed E-state index contributed by atoms with van der Waals surface area (Å²) in [6.45, 7) is 6.45. The van der Waals surface area contributed by atoms with Crippen molar-refractivity contribution < 1.29 is 4.42 Å². The van der Waals surface area contributed by atoms with Gasteiger partial charge in [0.25, 0.3) is 0 Å². The summed E-state index contributed by atoms with van der Waals surface area (Å²) >= 11 is 0. The van der Waals surface area contributed by atoms with Gasteiger partial charge in [0, 0.05) is 11.1 Å². The molecule has 1 heterocycles. The van der Waals surface area contributed by atoms with Gasteiger partial charge in [-0.25, -0.2) is 0 Å². The van der Waals surface area contributed by atoms with E-state index in [2.05, 4.69) is 51.1 Å². The minimum atomic E-state index is 1.06. The molecule has 2 rings (SSSR count). The molecule has 0 N–H and O–H groups in total.